The molecule has 0 heterocycles. The Hall–Kier alpha value is -0.480. The molecule has 1 heteroatoms. The number of hydrogen-bond donors (Lipinski definition) is 1. The molecule has 0 saturated carbocycles. The van der Waals surface area contributed by atoms with Gasteiger partial charge in [-0.25, -0.2) is 0 Å². The van der Waals surface area contributed by atoms with Crippen molar-refractivity contribution in [2.24, 2.45) is 5.92 Å². The van der Waals surface area contributed by atoms with E-state index in [1.165, 1.54) is 0 Å². The highest BCUT2D eigenvalue weighted by molar-refractivity contribution is 4.94. The van der Waals surface area contributed by atoms with Crippen molar-refractivity contribution >= 4 is 0 Å². The van der Waals surface area contributed by atoms with Crippen LogP contribution in [0.2, 0.25) is 0 Å². The Morgan fingerprint density at radius 2 is 2.00 bits per heavy atom. The summed E-state index contributed by atoms with van der Waals surface area (Å²) in [5.74, 6) is 6.34. The summed E-state index contributed by atoms with van der Waals surface area (Å²) in [5, 5.41) is 9.38. The summed E-state index contributed by atoms with van der Waals surface area (Å²) in [4.78, 5) is 0. The molecule has 0 aliphatic heterocycles. The molecule has 1 N–H and O–H groups in total. The zero-order valence-electron chi connectivity index (χ0n) is 7.72. The van der Waals surface area contributed by atoms with Gasteiger partial charge in [0.2, 0.25) is 0 Å². The molecule has 1 unspecified atom stereocenters. The summed E-state index contributed by atoms with van der Waals surface area (Å²) in [7, 11) is 0. The van der Waals surface area contributed by atoms with Gasteiger partial charge in [0.05, 0.1) is 6.10 Å². The second kappa shape index (κ2) is 6.24. The molecule has 1 atom stereocenters. The average Bonchev–Trinajstić information content (AvgIpc) is 1.86. The van der Waals surface area contributed by atoms with Crippen molar-refractivity contribution in [1.29, 1.82) is 0 Å². The van der Waals surface area contributed by atoms with Crippen molar-refractivity contribution in [3.63, 3.8) is 0 Å². The monoisotopic (exact) mass is 154 g/mol. The average molecular weight is 154 g/mol. The van der Waals surface area contributed by atoms with E-state index >= 15 is 0 Å². The van der Waals surface area contributed by atoms with E-state index in [9.17, 15) is 5.11 Å². The smallest absolute Gasteiger partial charge is 0.0551 e. The predicted molar refractivity (Wildman–Crippen MR) is 48.1 cm³/mol. The van der Waals surface area contributed by atoms with Crippen LogP contribution in [0.1, 0.15) is 40.0 Å². The van der Waals surface area contributed by atoms with Crippen molar-refractivity contribution < 1.29 is 5.11 Å². The van der Waals surface area contributed by atoms with Crippen LogP contribution >= 0.6 is 0 Å². The quantitative estimate of drug-likeness (QED) is 0.615. The summed E-state index contributed by atoms with van der Waals surface area (Å²) >= 11 is 0. The highest BCUT2D eigenvalue weighted by atomic mass is 16.3. The van der Waals surface area contributed by atoms with Crippen LogP contribution in [0, 0.1) is 17.8 Å². The first-order valence-electron chi connectivity index (χ1n) is 4.24. The predicted octanol–water partition coefficient (Wildman–Crippen LogP) is 2.20. The second-order valence-electron chi connectivity index (χ2n) is 3.25. The molecule has 0 spiro atoms. The zero-order chi connectivity index (χ0) is 8.69. The highest BCUT2D eigenvalue weighted by Crippen LogP contribution is 2.08. The van der Waals surface area contributed by atoms with Gasteiger partial charge in [0, 0.05) is 6.42 Å². The van der Waals surface area contributed by atoms with Crippen molar-refractivity contribution in [2.45, 2.75) is 46.1 Å². The van der Waals surface area contributed by atoms with Crippen LogP contribution < -0.4 is 0 Å². The molecule has 0 amide bonds. The van der Waals surface area contributed by atoms with Gasteiger partial charge < -0.3 is 5.11 Å². The Labute approximate surface area is 69.8 Å². The molecule has 0 aliphatic rings. The van der Waals surface area contributed by atoms with Crippen LogP contribution in [-0.2, 0) is 0 Å². The SMILES string of the molecule is CC#CCCC(O)CC(C)C. The first-order chi connectivity index (χ1) is 5.16. The Morgan fingerprint density at radius 1 is 1.36 bits per heavy atom. The van der Waals surface area contributed by atoms with E-state index in [-0.39, 0.29) is 6.10 Å². The third kappa shape index (κ3) is 7.42. The van der Waals surface area contributed by atoms with Crippen LogP contribution in [-0.4, -0.2) is 11.2 Å². The van der Waals surface area contributed by atoms with Crippen LogP contribution in [0.5, 0.6) is 0 Å². The maximum absolute atomic E-state index is 9.38. The van der Waals surface area contributed by atoms with Gasteiger partial charge in [-0.2, -0.15) is 0 Å². The summed E-state index contributed by atoms with van der Waals surface area (Å²) in [6.45, 7) is 6.07. The van der Waals surface area contributed by atoms with E-state index in [0.717, 1.165) is 19.3 Å². The van der Waals surface area contributed by atoms with Crippen molar-refractivity contribution in [2.75, 3.05) is 0 Å². The van der Waals surface area contributed by atoms with Crippen molar-refractivity contribution in [3.8, 4) is 11.8 Å². The fourth-order valence-electron chi connectivity index (χ4n) is 1.03. The lowest BCUT2D eigenvalue weighted by atomic mass is 10.0. The number of aliphatic hydroxyl groups is 1. The first-order valence-corrected chi connectivity index (χ1v) is 4.24. The van der Waals surface area contributed by atoms with Gasteiger partial charge in [0.15, 0.2) is 0 Å². The van der Waals surface area contributed by atoms with Gasteiger partial charge >= 0.3 is 0 Å². The maximum atomic E-state index is 9.38. The van der Waals surface area contributed by atoms with Gasteiger partial charge in [-0.3, -0.25) is 0 Å². The minimum atomic E-state index is -0.157. The molecule has 0 saturated heterocycles. The standard InChI is InChI=1S/C10H18O/c1-4-5-6-7-10(11)8-9(2)3/h9-11H,6-8H2,1-3H3. The maximum Gasteiger partial charge on any atom is 0.0551 e. The fraction of sp³-hybridized carbons (Fsp3) is 0.800. The molecule has 0 aromatic rings. The minimum absolute atomic E-state index is 0.157. The molecule has 0 fully saturated rings. The number of aliphatic hydroxyl groups excluding tert-OH is 1. The highest BCUT2D eigenvalue weighted by Gasteiger charge is 2.04. The van der Waals surface area contributed by atoms with Gasteiger partial charge in [-0.1, -0.05) is 13.8 Å². The van der Waals surface area contributed by atoms with E-state index in [1.807, 2.05) is 6.92 Å². The van der Waals surface area contributed by atoms with Crippen LogP contribution in [0.15, 0.2) is 0 Å². The molecule has 0 rings (SSSR count). The Bertz CT molecular complexity index is 139. The Morgan fingerprint density at radius 3 is 2.45 bits per heavy atom. The molecular weight excluding hydrogens is 136 g/mol. The van der Waals surface area contributed by atoms with E-state index < -0.39 is 0 Å². The molecule has 0 aromatic heterocycles. The summed E-state index contributed by atoms with van der Waals surface area (Å²) in [6.07, 6.45) is 2.38. The first kappa shape index (κ1) is 10.5. The topological polar surface area (TPSA) is 20.2 Å². The van der Waals surface area contributed by atoms with Gasteiger partial charge in [-0.05, 0) is 25.7 Å². The lowest BCUT2D eigenvalue weighted by Crippen LogP contribution is -2.09. The third-order valence-corrected chi connectivity index (χ3v) is 1.52. The van der Waals surface area contributed by atoms with Crippen molar-refractivity contribution in [1.82, 2.24) is 0 Å². The number of hydrogen-bond acceptors (Lipinski definition) is 1. The van der Waals surface area contributed by atoms with E-state index in [0.29, 0.717) is 5.92 Å². The molecule has 0 aromatic carbocycles. The molecule has 1 nitrogen and oxygen atoms in total. The molecule has 11 heavy (non-hydrogen) atoms. The fourth-order valence-corrected chi connectivity index (χ4v) is 1.03. The van der Waals surface area contributed by atoms with Gasteiger partial charge in [0.25, 0.3) is 0 Å². The van der Waals surface area contributed by atoms with Crippen molar-refractivity contribution in [3.05, 3.63) is 0 Å². The molecule has 0 radical (unpaired) electrons. The zero-order valence-corrected chi connectivity index (χ0v) is 7.72. The molecule has 0 bridgehead atoms. The van der Waals surface area contributed by atoms with E-state index in [2.05, 4.69) is 25.7 Å². The largest absolute Gasteiger partial charge is 0.393 e. The Balaban J connectivity index is 3.34. The molecule has 64 valence electrons. The van der Waals surface area contributed by atoms with Crippen LogP contribution in [0.25, 0.3) is 0 Å². The normalized spacial score (nSPS) is 12.5. The molecular formula is C10H18O. The summed E-state index contributed by atoms with van der Waals surface area (Å²) < 4.78 is 0. The summed E-state index contributed by atoms with van der Waals surface area (Å²) in [6, 6.07) is 0. The second-order valence-corrected chi connectivity index (χ2v) is 3.25. The van der Waals surface area contributed by atoms with Gasteiger partial charge in [0.1, 0.15) is 0 Å². The van der Waals surface area contributed by atoms with Gasteiger partial charge in [-0.15, -0.1) is 11.8 Å². The summed E-state index contributed by atoms with van der Waals surface area (Å²) in [5.41, 5.74) is 0. The van der Waals surface area contributed by atoms with E-state index in [4.69, 9.17) is 0 Å². The van der Waals surface area contributed by atoms with E-state index in [1.54, 1.807) is 0 Å². The van der Waals surface area contributed by atoms with Crippen LogP contribution in [0.4, 0.5) is 0 Å². The Kier molecular flexibility index (Phi) is 5.97. The van der Waals surface area contributed by atoms with Crippen LogP contribution in [0.3, 0.4) is 0 Å². The lowest BCUT2D eigenvalue weighted by molar-refractivity contribution is 0.141. The molecule has 0 aliphatic carbocycles. The minimum Gasteiger partial charge on any atom is -0.393 e. The number of rotatable bonds is 4. The third-order valence-electron chi connectivity index (χ3n) is 1.52. The lowest BCUT2D eigenvalue weighted by Gasteiger charge is -2.10.